The summed E-state index contributed by atoms with van der Waals surface area (Å²) < 4.78 is 16.2. The van der Waals surface area contributed by atoms with E-state index in [0.29, 0.717) is 6.42 Å². The fourth-order valence-corrected chi connectivity index (χ4v) is 1.47. The number of ether oxygens (including phenoxy) is 1. The van der Waals surface area contributed by atoms with Gasteiger partial charge in [0.2, 0.25) is 0 Å². The Labute approximate surface area is 91.3 Å². The molecule has 0 bridgehead atoms. The molecule has 0 spiro atoms. The van der Waals surface area contributed by atoms with E-state index >= 15 is 0 Å². The Morgan fingerprint density at radius 2 is 1.93 bits per heavy atom. The van der Waals surface area contributed by atoms with Crippen LogP contribution in [-0.4, -0.2) is 38.4 Å². The monoisotopic (exact) mass is 236 g/mol. The van der Waals surface area contributed by atoms with Crippen molar-refractivity contribution in [2.24, 2.45) is 0 Å². The number of carboxylic acids is 1. The molecule has 0 fully saturated rings. The molecular weight excluding hydrogens is 220 g/mol. The number of esters is 1. The number of carbonyl (C=O) groups is 2. The molecule has 0 aliphatic rings. The van der Waals surface area contributed by atoms with Crippen molar-refractivity contribution in [3.8, 4) is 0 Å². The van der Waals surface area contributed by atoms with Crippen molar-refractivity contribution in [2.75, 3.05) is 5.75 Å². The second-order valence-corrected chi connectivity index (χ2v) is 4.97. The van der Waals surface area contributed by atoms with Crippen LogP contribution in [0.1, 0.15) is 27.2 Å². The van der Waals surface area contributed by atoms with Crippen LogP contribution in [0.15, 0.2) is 0 Å². The summed E-state index contributed by atoms with van der Waals surface area (Å²) in [6, 6.07) is 0. The summed E-state index contributed by atoms with van der Waals surface area (Å²) in [5.74, 6) is -2.15. The van der Waals surface area contributed by atoms with E-state index in [0.717, 1.165) is 0 Å². The van der Waals surface area contributed by atoms with Gasteiger partial charge in [0, 0.05) is 10.8 Å². The van der Waals surface area contributed by atoms with Gasteiger partial charge in [0.25, 0.3) is 0 Å². The molecule has 0 heterocycles. The summed E-state index contributed by atoms with van der Waals surface area (Å²) in [5, 5.41) is 7.50. The SMILES string of the molecule is CCC(C)OC(=O)CS(=O)C(C)C(=O)O. The van der Waals surface area contributed by atoms with E-state index in [4.69, 9.17) is 9.84 Å². The summed E-state index contributed by atoms with van der Waals surface area (Å²) in [5.41, 5.74) is 0. The minimum absolute atomic E-state index is 0.227. The van der Waals surface area contributed by atoms with Crippen molar-refractivity contribution in [3.63, 3.8) is 0 Å². The lowest BCUT2D eigenvalue weighted by Crippen LogP contribution is -2.28. The minimum Gasteiger partial charge on any atom is -0.480 e. The zero-order valence-corrected chi connectivity index (χ0v) is 9.87. The molecule has 3 atom stereocenters. The molecule has 0 aliphatic heterocycles. The molecule has 0 saturated heterocycles. The van der Waals surface area contributed by atoms with E-state index in [-0.39, 0.29) is 11.9 Å². The molecule has 3 unspecified atom stereocenters. The maximum Gasteiger partial charge on any atom is 0.318 e. The van der Waals surface area contributed by atoms with Crippen LogP contribution in [-0.2, 0) is 25.1 Å². The maximum atomic E-state index is 11.3. The summed E-state index contributed by atoms with van der Waals surface area (Å²) in [6.07, 6.45) is 0.446. The minimum atomic E-state index is -1.72. The number of aliphatic carboxylic acids is 1. The van der Waals surface area contributed by atoms with E-state index in [9.17, 15) is 13.8 Å². The Bertz CT molecular complexity index is 263. The molecule has 0 aliphatic carbocycles. The van der Waals surface area contributed by atoms with Gasteiger partial charge >= 0.3 is 11.9 Å². The number of hydrogen-bond donors (Lipinski definition) is 1. The van der Waals surface area contributed by atoms with Crippen molar-refractivity contribution in [2.45, 2.75) is 38.5 Å². The first-order valence-electron chi connectivity index (χ1n) is 4.68. The van der Waals surface area contributed by atoms with E-state index < -0.39 is 28.0 Å². The van der Waals surface area contributed by atoms with Crippen LogP contribution in [0.4, 0.5) is 0 Å². The summed E-state index contributed by atoms with van der Waals surface area (Å²) in [6.45, 7) is 4.88. The molecule has 1 N–H and O–H groups in total. The quantitative estimate of drug-likeness (QED) is 0.681. The highest BCUT2D eigenvalue weighted by Crippen LogP contribution is 2.01. The molecule has 0 aromatic rings. The first kappa shape index (κ1) is 14.1. The fraction of sp³-hybridized carbons (Fsp3) is 0.778. The van der Waals surface area contributed by atoms with E-state index in [1.807, 2.05) is 6.92 Å². The second-order valence-electron chi connectivity index (χ2n) is 3.21. The molecule has 0 rings (SSSR count). The van der Waals surface area contributed by atoms with Gasteiger partial charge in [-0.2, -0.15) is 0 Å². The Balaban J connectivity index is 4.07. The van der Waals surface area contributed by atoms with Crippen LogP contribution < -0.4 is 0 Å². The molecular formula is C9H16O5S. The normalized spacial score (nSPS) is 16.5. The fourth-order valence-electron chi connectivity index (χ4n) is 0.695. The average molecular weight is 236 g/mol. The van der Waals surface area contributed by atoms with Crippen LogP contribution in [0.5, 0.6) is 0 Å². The first-order chi connectivity index (χ1) is 6.88. The molecule has 0 amide bonds. The molecule has 0 aromatic heterocycles. The van der Waals surface area contributed by atoms with Crippen molar-refractivity contribution < 1.29 is 23.6 Å². The Morgan fingerprint density at radius 1 is 1.40 bits per heavy atom. The zero-order valence-electron chi connectivity index (χ0n) is 9.06. The highest BCUT2D eigenvalue weighted by atomic mass is 32.2. The largest absolute Gasteiger partial charge is 0.480 e. The Morgan fingerprint density at radius 3 is 2.33 bits per heavy atom. The third-order valence-corrected chi connectivity index (χ3v) is 3.42. The average Bonchev–Trinajstić information content (AvgIpc) is 2.15. The van der Waals surface area contributed by atoms with Crippen molar-refractivity contribution in [1.82, 2.24) is 0 Å². The third kappa shape index (κ3) is 5.51. The van der Waals surface area contributed by atoms with Crippen LogP contribution in [0, 0.1) is 0 Å². The summed E-state index contributed by atoms with van der Waals surface area (Å²) in [4.78, 5) is 21.6. The molecule has 0 radical (unpaired) electrons. The van der Waals surface area contributed by atoms with Crippen molar-refractivity contribution >= 4 is 22.7 Å². The van der Waals surface area contributed by atoms with Crippen LogP contribution >= 0.6 is 0 Å². The van der Waals surface area contributed by atoms with Gasteiger partial charge in [-0.1, -0.05) is 6.92 Å². The standard InChI is InChI=1S/C9H16O5S/c1-4-6(2)14-8(10)5-15(13)7(3)9(11)12/h6-7H,4-5H2,1-3H3,(H,11,12). The molecule has 0 saturated carbocycles. The molecule has 6 heteroatoms. The van der Waals surface area contributed by atoms with E-state index in [2.05, 4.69) is 0 Å². The van der Waals surface area contributed by atoms with Gasteiger partial charge in [-0.25, -0.2) is 0 Å². The highest BCUT2D eigenvalue weighted by molar-refractivity contribution is 7.87. The summed E-state index contributed by atoms with van der Waals surface area (Å²) >= 11 is 0. The molecule has 15 heavy (non-hydrogen) atoms. The van der Waals surface area contributed by atoms with Gasteiger partial charge in [-0.3, -0.25) is 13.8 Å². The number of hydrogen-bond acceptors (Lipinski definition) is 4. The lowest BCUT2D eigenvalue weighted by atomic mass is 10.3. The third-order valence-electron chi connectivity index (χ3n) is 1.91. The van der Waals surface area contributed by atoms with E-state index in [1.165, 1.54) is 6.92 Å². The number of carboxylic acid groups (broad SMARTS) is 1. The molecule has 88 valence electrons. The van der Waals surface area contributed by atoms with Crippen LogP contribution in [0.2, 0.25) is 0 Å². The Hall–Kier alpha value is -0.910. The molecule has 5 nitrogen and oxygen atoms in total. The van der Waals surface area contributed by atoms with Gasteiger partial charge in [-0.15, -0.1) is 0 Å². The van der Waals surface area contributed by atoms with Crippen molar-refractivity contribution in [3.05, 3.63) is 0 Å². The van der Waals surface area contributed by atoms with Gasteiger partial charge in [-0.05, 0) is 20.3 Å². The summed E-state index contributed by atoms with van der Waals surface area (Å²) in [7, 11) is -1.72. The predicted molar refractivity (Wildman–Crippen MR) is 56.0 cm³/mol. The van der Waals surface area contributed by atoms with Crippen LogP contribution in [0.3, 0.4) is 0 Å². The highest BCUT2D eigenvalue weighted by Gasteiger charge is 2.22. The Kier molecular flexibility index (Phi) is 6.15. The predicted octanol–water partition coefficient (Wildman–Crippen LogP) is 0.550. The smallest absolute Gasteiger partial charge is 0.318 e. The van der Waals surface area contributed by atoms with Crippen LogP contribution in [0.25, 0.3) is 0 Å². The number of rotatable bonds is 6. The van der Waals surface area contributed by atoms with Crippen molar-refractivity contribution in [1.29, 1.82) is 0 Å². The second kappa shape index (κ2) is 6.55. The molecule has 0 aromatic carbocycles. The first-order valence-corrected chi connectivity index (χ1v) is 6.06. The van der Waals surface area contributed by atoms with Gasteiger partial charge in [0.15, 0.2) is 0 Å². The van der Waals surface area contributed by atoms with Gasteiger partial charge in [0.05, 0.1) is 6.10 Å². The van der Waals surface area contributed by atoms with Gasteiger partial charge in [0.1, 0.15) is 11.0 Å². The maximum absolute atomic E-state index is 11.3. The number of carbonyl (C=O) groups excluding carboxylic acids is 1. The lowest BCUT2D eigenvalue weighted by Gasteiger charge is -2.11. The lowest BCUT2D eigenvalue weighted by molar-refractivity contribution is -0.145. The topological polar surface area (TPSA) is 80.7 Å². The zero-order chi connectivity index (χ0) is 12.0. The van der Waals surface area contributed by atoms with E-state index in [1.54, 1.807) is 6.92 Å². The van der Waals surface area contributed by atoms with Gasteiger partial charge < -0.3 is 9.84 Å².